The van der Waals surface area contributed by atoms with Crippen LogP contribution in [0.25, 0.3) is 0 Å². The molecule has 0 aromatic heterocycles. The van der Waals surface area contributed by atoms with E-state index in [4.69, 9.17) is 5.73 Å². The normalized spacial score (nSPS) is 23.8. The third kappa shape index (κ3) is 14.5. The third-order valence-corrected chi connectivity index (χ3v) is 10.2. The van der Waals surface area contributed by atoms with Gasteiger partial charge in [-0.1, -0.05) is 42.7 Å². The van der Waals surface area contributed by atoms with Crippen LogP contribution in [0.2, 0.25) is 0 Å². The fourth-order valence-electron chi connectivity index (χ4n) is 6.68. The van der Waals surface area contributed by atoms with Crippen LogP contribution in [0, 0.1) is 6.92 Å². The van der Waals surface area contributed by atoms with Gasteiger partial charge in [0.15, 0.2) is 0 Å². The van der Waals surface area contributed by atoms with Crippen molar-refractivity contribution in [3.63, 3.8) is 0 Å². The molecule has 62 heavy (non-hydrogen) atoms. The number of hydrogen-bond acceptors (Lipinski definition) is 12. The van der Waals surface area contributed by atoms with Gasteiger partial charge in [-0.05, 0) is 31.7 Å². The van der Waals surface area contributed by atoms with Crippen LogP contribution in [0.3, 0.4) is 0 Å². The molecule has 2 aliphatic heterocycles. The molecule has 2 saturated heterocycles. The number of primary amides is 1. The minimum absolute atomic E-state index is 0.0161. The Morgan fingerprint density at radius 2 is 1.15 bits per heavy atom. The van der Waals surface area contributed by atoms with E-state index in [0.29, 0.717) is 18.4 Å². The van der Waals surface area contributed by atoms with Gasteiger partial charge in [0.05, 0.1) is 52.2 Å². The summed E-state index contributed by atoms with van der Waals surface area (Å²) in [5, 5.41) is 23.7. The monoisotopic (exact) mass is 868 g/mol. The van der Waals surface area contributed by atoms with E-state index in [1.54, 1.807) is 12.1 Å². The van der Waals surface area contributed by atoms with E-state index in [0.717, 1.165) is 5.56 Å². The zero-order chi connectivity index (χ0) is 45.4. The van der Waals surface area contributed by atoms with Crippen LogP contribution in [-0.4, -0.2) is 152 Å². The summed E-state index contributed by atoms with van der Waals surface area (Å²) in [6.07, 6.45) is 1.10. The zero-order valence-electron chi connectivity index (χ0n) is 34.1. The molecule has 12 N–H and O–H groups in total. The van der Waals surface area contributed by atoms with E-state index in [9.17, 15) is 57.5 Å². The average Bonchev–Trinajstić information content (AvgIpc) is 3.69. The second kappa shape index (κ2) is 22.5. The first kappa shape index (κ1) is 47.5. The van der Waals surface area contributed by atoms with Crippen LogP contribution in [0.5, 0.6) is 0 Å². The van der Waals surface area contributed by atoms with E-state index in [1.165, 1.54) is 4.90 Å². The molecule has 0 radical (unpaired) electrons. The molecule has 1 aromatic carbocycles. The zero-order valence-corrected chi connectivity index (χ0v) is 34.1. The van der Waals surface area contributed by atoms with Crippen molar-refractivity contribution in [3.8, 4) is 0 Å². The van der Waals surface area contributed by atoms with Gasteiger partial charge in [-0.2, -0.15) is 0 Å². The Morgan fingerprint density at radius 3 is 1.69 bits per heavy atom. The number of nitrogens with one attached hydrogen (secondary N) is 10. The maximum absolute atomic E-state index is 13.4. The highest BCUT2D eigenvalue weighted by atomic mass is 16.2. The number of carbonyl (C=O) groups is 12. The minimum atomic E-state index is -1.54. The van der Waals surface area contributed by atoms with Crippen molar-refractivity contribution in [2.75, 3.05) is 52.4 Å². The quantitative estimate of drug-likeness (QED) is 0.135. The maximum atomic E-state index is 13.4. The van der Waals surface area contributed by atoms with Crippen molar-refractivity contribution in [1.82, 2.24) is 58.1 Å². The van der Waals surface area contributed by atoms with Gasteiger partial charge in [0.25, 0.3) is 0 Å². The highest BCUT2D eigenvalue weighted by Crippen LogP contribution is 2.30. The Morgan fingerprint density at radius 1 is 0.629 bits per heavy atom. The molecule has 3 unspecified atom stereocenters. The van der Waals surface area contributed by atoms with E-state index < -0.39 is 147 Å². The first-order chi connectivity index (χ1) is 29.4. The SMILES string of the molecule is Cc1ccc(CC2NC(=O)C3CCN3C(=O)CNC(=O)CNC(=O)CNC(=O)CC(C(N)=O)NC(=O)CNC(=O)C3(CCCC3)NC(=O)CNC(=O)CNC(=O)CNC2=O)cc1. The van der Waals surface area contributed by atoms with Gasteiger partial charge in [0.1, 0.15) is 23.7 Å². The summed E-state index contributed by atoms with van der Waals surface area (Å²) in [5.41, 5.74) is 5.55. The van der Waals surface area contributed by atoms with Crippen LogP contribution < -0.4 is 58.9 Å². The van der Waals surface area contributed by atoms with Crippen LogP contribution in [-0.2, 0) is 64.0 Å². The molecule has 0 bridgehead atoms. The number of aryl methyl sites for hydroxylation is 1. The largest absolute Gasteiger partial charge is 0.368 e. The molecule has 1 spiro atoms. The summed E-state index contributed by atoms with van der Waals surface area (Å²) in [7, 11) is 0. The lowest BCUT2D eigenvalue weighted by atomic mass is 9.96. The maximum Gasteiger partial charge on any atom is 0.246 e. The fourth-order valence-corrected chi connectivity index (χ4v) is 6.68. The van der Waals surface area contributed by atoms with Gasteiger partial charge in [-0.25, -0.2) is 0 Å². The average molecular weight is 869 g/mol. The van der Waals surface area contributed by atoms with Crippen LogP contribution >= 0.6 is 0 Å². The molecule has 24 heteroatoms. The molecule has 336 valence electrons. The number of nitrogens with two attached hydrogens (primary N) is 1. The van der Waals surface area contributed by atoms with Gasteiger partial charge < -0.3 is 63.8 Å². The third-order valence-electron chi connectivity index (χ3n) is 10.2. The molecule has 12 amide bonds. The Labute approximate surface area is 355 Å². The molecule has 4 rings (SSSR count). The van der Waals surface area contributed by atoms with Gasteiger partial charge in [-0.15, -0.1) is 0 Å². The van der Waals surface area contributed by atoms with Crippen molar-refractivity contribution < 1.29 is 57.5 Å². The van der Waals surface area contributed by atoms with E-state index in [2.05, 4.69) is 53.2 Å². The van der Waals surface area contributed by atoms with E-state index in [1.807, 2.05) is 19.1 Å². The molecule has 3 atom stereocenters. The van der Waals surface area contributed by atoms with Gasteiger partial charge in [-0.3, -0.25) is 57.5 Å². The molecular formula is C38H52N12O12. The number of amides is 12. The predicted octanol–water partition coefficient (Wildman–Crippen LogP) is -6.76. The number of fused-ring (bicyclic) bond motifs is 1. The Bertz CT molecular complexity index is 1930. The number of rotatable bonds is 3. The van der Waals surface area contributed by atoms with Gasteiger partial charge in [0, 0.05) is 13.0 Å². The Hall–Kier alpha value is -7.14. The van der Waals surface area contributed by atoms with Crippen LogP contribution in [0.1, 0.15) is 49.7 Å². The second-order valence-electron chi connectivity index (χ2n) is 15.0. The first-order valence-electron chi connectivity index (χ1n) is 19.9. The minimum Gasteiger partial charge on any atom is -0.368 e. The molecular weight excluding hydrogens is 816 g/mol. The molecule has 3 aliphatic rings. The summed E-state index contributed by atoms with van der Waals surface area (Å²) in [5.74, 6) is -9.52. The lowest BCUT2D eigenvalue weighted by Gasteiger charge is -2.40. The molecule has 1 aromatic rings. The number of nitrogens with zero attached hydrogens (tertiary/aromatic N) is 1. The highest BCUT2D eigenvalue weighted by molar-refractivity contribution is 5.98. The Balaban J connectivity index is 1.43. The van der Waals surface area contributed by atoms with E-state index in [-0.39, 0.29) is 32.2 Å². The fraction of sp³-hybridized carbons (Fsp3) is 0.526. The predicted molar refractivity (Wildman–Crippen MR) is 213 cm³/mol. The van der Waals surface area contributed by atoms with Crippen molar-refractivity contribution in [3.05, 3.63) is 35.4 Å². The van der Waals surface area contributed by atoms with Crippen molar-refractivity contribution in [1.29, 1.82) is 0 Å². The summed E-state index contributed by atoms with van der Waals surface area (Å²) >= 11 is 0. The summed E-state index contributed by atoms with van der Waals surface area (Å²) in [6, 6.07) is 3.43. The molecule has 24 nitrogen and oxygen atoms in total. The summed E-state index contributed by atoms with van der Waals surface area (Å²) in [4.78, 5) is 154. The lowest BCUT2D eigenvalue weighted by molar-refractivity contribution is -0.148. The molecule has 2 heterocycles. The lowest BCUT2D eigenvalue weighted by Crippen LogP contribution is -2.62. The highest BCUT2D eigenvalue weighted by Gasteiger charge is 2.43. The van der Waals surface area contributed by atoms with Crippen molar-refractivity contribution in [2.45, 2.75) is 75.5 Å². The van der Waals surface area contributed by atoms with E-state index >= 15 is 0 Å². The Kier molecular flexibility index (Phi) is 17.2. The van der Waals surface area contributed by atoms with Crippen molar-refractivity contribution >= 4 is 70.9 Å². The van der Waals surface area contributed by atoms with Gasteiger partial charge >= 0.3 is 0 Å². The number of benzene rings is 1. The summed E-state index contributed by atoms with van der Waals surface area (Å²) in [6.45, 7) is -2.15. The van der Waals surface area contributed by atoms with Gasteiger partial charge in [0.2, 0.25) is 70.9 Å². The summed E-state index contributed by atoms with van der Waals surface area (Å²) < 4.78 is 0. The molecule has 1 aliphatic carbocycles. The second-order valence-corrected chi connectivity index (χ2v) is 15.0. The molecule has 3 fully saturated rings. The van der Waals surface area contributed by atoms with Crippen LogP contribution in [0.15, 0.2) is 24.3 Å². The number of carbonyl (C=O) groups excluding carboxylic acids is 12. The number of hydrogen-bond donors (Lipinski definition) is 11. The smallest absolute Gasteiger partial charge is 0.246 e. The van der Waals surface area contributed by atoms with Crippen molar-refractivity contribution in [2.24, 2.45) is 5.73 Å². The molecule has 1 saturated carbocycles. The topological polar surface area (TPSA) is 354 Å². The first-order valence-corrected chi connectivity index (χ1v) is 19.9. The van der Waals surface area contributed by atoms with Crippen LogP contribution in [0.4, 0.5) is 0 Å². The standard InChI is InChI=1S/C38H52N12O12/c1-21-4-6-22(7-5-21)12-24-35(60)45-17-30(55)42-15-28(53)43-19-32(57)49-38(9-2-3-10-38)37(62)46-18-31(56)47-23(34(39)59)13-26(51)40-14-27(52)41-16-29(54)44-20-33(58)50-11-8-25(50)36(61)48-24/h4-7,23-25H,2-3,8-20H2,1H3,(H2,39,59)(H,40,51)(H,41,52)(H,42,55)(H,43,53)(H,44,54)(H,45,60)(H,46,62)(H,47,56)(H,48,61)(H,49,57).